The summed E-state index contributed by atoms with van der Waals surface area (Å²) < 4.78 is 28.5. The monoisotopic (exact) mass is 600 g/mol. The molecular weight excluding hydrogens is 558 g/mol. The van der Waals surface area contributed by atoms with Crippen molar-refractivity contribution in [1.29, 1.82) is 0 Å². The van der Waals surface area contributed by atoms with Gasteiger partial charge in [-0.25, -0.2) is 8.78 Å². The second-order valence-electron chi connectivity index (χ2n) is 11.6. The molecule has 5 rings (SSSR count). The van der Waals surface area contributed by atoms with Crippen molar-refractivity contribution in [2.45, 2.75) is 82.6 Å². The van der Waals surface area contributed by atoms with Crippen molar-refractivity contribution in [3.8, 4) is 5.75 Å². The second-order valence-corrected chi connectivity index (χ2v) is 12.6. The van der Waals surface area contributed by atoms with E-state index in [9.17, 15) is 23.5 Å². The summed E-state index contributed by atoms with van der Waals surface area (Å²) in [7, 11) is 0. The van der Waals surface area contributed by atoms with Crippen LogP contribution in [0.2, 0.25) is 0 Å². The highest BCUT2D eigenvalue weighted by Gasteiger charge is 2.37. The number of aromatic amines is 1. The molecule has 7 nitrogen and oxygen atoms in total. The molecule has 2 aliphatic rings. The van der Waals surface area contributed by atoms with Crippen LogP contribution in [-0.4, -0.2) is 65.6 Å². The lowest BCUT2D eigenvalue weighted by Gasteiger charge is -2.37. The van der Waals surface area contributed by atoms with Crippen LogP contribution in [0.25, 0.3) is 10.2 Å². The number of alkyl halides is 2. The third-order valence-corrected chi connectivity index (χ3v) is 9.73. The summed E-state index contributed by atoms with van der Waals surface area (Å²) >= 11 is 1.08. The fourth-order valence-electron chi connectivity index (χ4n) is 6.45. The molecule has 0 spiro atoms. The van der Waals surface area contributed by atoms with Crippen molar-refractivity contribution in [2.24, 2.45) is 0 Å². The third-order valence-electron chi connectivity index (χ3n) is 8.77. The van der Waals surface area contributed by atoms with Crippen LogP contribution in [0.4, 0.5) is 8.78 Å². The number of aryl methyl sites for hydroxylation is 1. The van der Waals surface area contributed by atoms with Crippen LogP contribution in [-0.2, 0) is 30.5 Å². The molecule has 4 N–H and O–H groups in total. The average molecular weight is 601 g/mol. The van der Waals surface area contributed by atoms with Gasteiger partial charge < -0.3 is 25.6 Å². The number of amides is 1. The van der Waals surface area contributed by atoms with Crippen molar-refractivity contribution in [2.75, 3.05) is 32.7 Å². The molecule has 0 unspecified atom stereocenters. The number of aromatic nitrogens is 1. The molecule has 1 amide bonds. The zero-order chi connectivity index (χ0) is 29.5. The van der Waals surface area contributed by atoms with Gasteiger partial charge in [-0.05, 0) is 92.8 Å². The Kier molecular flexibility index (Phi) is 10.3. The van der Waals surface area contributed by atoms with Gasteiger partial charge in [0.1, 0.15) is 11.3 Å². The molecule has 10 heteroatoms. The molecule has 0 bridgehead atoms. The van der Waals surface area contributed by atoms with E-state index in [1.165, 1.54) is 36.0 Å². The molecular formula is C32H42F2N4O3S. The van der Waals surface area contributed by atoms with Crippen molar-refractivity contribution >= 4 is 27.5 Å². The molecule has 1 aromatic heterocycles. The number of halogens is 2. The number of nitrogens with zero attached hydrogens (tertiary/aromatic N) is 1. The summed E-state index contributed by atoms with van der Waals surface area (Å²) in [6.45, 7) is 3.02. The summed E-state index contributed by atoms with van der Waals surface area (Å²) in [6, 6.07) is 9.85. The number of hydrogen-bond acceptors (Lipinski definition) is 6. The fourth-order valence-corrected chi connectivity index (χ4v) is 7.34. The maximum absolute atomic E-state index is 13.9. The van der Waals surface area contributed by atoms with Crippen LogP contribution in [0.5, 0.6) is 5.75 Å². The van der Waals surface area contributed by atoms with Crippen LogP contribution in [0.15, 0.2) is 35.1 Å². The molecule has 3 aromatic rings. The number of H-pyrrole nitrogens is 1. The number of rotatable bonds is 13. The number of carbonyl (C=O) groups excluding carboxylic acids is 1. The number of aromatic hydroxyl groups is 1. The Hall–Kier alpha value is -2.82. The summed E-state index contributed by atoms with van der Waals surface area (Å²) in [5.41, 5.74) is 5.82. The van der Waals surface area contributed by atoms with Crippen molar-refractivity contribution in [3.63, 3.8) is 0 Å². The molecule has 0 atom stereocenters. The Morgan fingerprint density at radius 3 is 2.55 bits per heavy atom. The lowest BCUT2D eigenvalue weighted by atomic mass is 9.87. The minimum absolute atomic E-state index is 0.00828. The predicted octanol–water partition coefficient (Wildman–Crippen LogP) is 4.94. The molecule has 0 radical (unpaired) electrons. The number of phenols is 1. The maximum atomic E-state index is 13.9. The van der Waals surface area contributed by atoms with E-state index in [1.807, 2.05) is 11.0 Å². The summed E-state index contributed by atoms with van der Waals surface area (Å²) in [5, 5.41) is 16.8. The number of fused-ring (bicyclic) bond motifs is 2. The first-order chi connectivity index (χ1) is 20.3. The van der Waals surface area contributed by atoms with Gasteiger partial charge in [-0.1, -0.05) is 35.6 Å². The molecule has 0 aliphatic heterocycles. The second kappa shape index (κ2) is 14.1. The quantitative estimate of drug-likeness (QED) is 0.209. The van der Waals surface area contributed by atoms with Gasteiger partial charge in [0.2, 0.25) is 11.8 Å². The Morgan fingerprint density at radius 2 is 1.74 bits per heavy atom. The number of hydrogen-bond donors (Lipinski definition) is 4. The van der Waals surface area contributed by atoms with Crippen LogP contribution < -0.4 is 15.5 Å². The molecule has 0 saturated heterocycles. The van der Waals surface area contributed by atoms with Crippen molar-refractivity contribution < 1.29 is 18.7 Å². The highest BCUT2D eigenvalue weighted by molar-refractivity contribution is 7.16. The first-order valence-electron chi connectivity index (χ1n) is 15.3. The first kappa shape index (κ1) is 30.6. The minimum atomic E-state index is -2.64. The van der Waals surface area contributed by atoms with Gasteiger partial charge in [0.25, 0.3) is 0 Å². The van der Waals surface area contributed by atoms with Gasteiger partial charge in [0.15, 0.2) is 0 Å². The van der Waals surface area contributed by atoms with Crippen LogP contribution in [0.3, 0.4) is 0 Å². The van der Waals surface area contributed by atoms with E-state index in [1.54, 1.807) is 6.07 Å². The van der Waals surface area contributed by atoms with E-state index < -0.39 is 5.92 Å². The van der Waals surface area contributed by atoms with E-state index in [2.05, 4.69) is 33.8 Å². The van der Waals surface area contributed by atoms with Gasteiger partial charge in [-0.2, -0.15) is 0 Å². The van der Waals surface area contributed by atoms with Gasteiger partial charge in [0, 0.05) is 44.9 Å². The Bertz CT molecular complexity index is 1410. The number of nitrogens with one attached hydrogen (secondary N) is 3. The topological polar surface area (TPSA) is 97.5 Å². The summed E-state index contributed by atoms with van der Waals surface area (Å²) in [4.78, 5) is 29.4. The fraction of sp³-hybridized carbons (Fsp3) is 0.562. The molecule has 1 saturated carbocycles. The van der Waals surface area contributed by atoms with Crippen LogP contribution in [0, 0.1) is 0 Å². The Labute approximate surface area is 249 Å². The first-order valence-corrected chi connectivity index (χ1v) is 16.1. The smallest absolute Gasteiger partial charge is 0.305 e. The maximum Gasteiger partial charge on any atom is 0.305 e. The van der Waals surface area contributed by atoms with Gasteiger partial charge >= 0.3 is 4.87 Å². The van der Waals surface area contributed by atoms with Crippen LogP contribution >= 0.6 is 11.3 Å². The lowest BCUT2D eigenvalue weighted by Crippen LogP contribution is -2.47. The SMILES string of the molecule is O=C(CCNCCc1cccc2c1CCCC2)N(CCNCCc1ccc(O)c2[nH]c(=O)sc12)C1CCC(F)(F)CC1. The van der Waals surface area contributed by atoms with Crippen LogP contribution in [0.1, 0.15) is 67.2 Å². The number of thiazole rings is 1. The van der Waals surface area contributed by atoms with E-state index in [0.717, 1.165) is 41.0 Å². The standard InChI is InChI=1S/C32H42F2N4O3S/c33-32(34)15-10-25(11-16-32)38(21-20-36-18-13-24-8-9-27(39)29-30(24)42-31(41)37-29)28(40)14-19-35-17-12-23-6-3-5-22-4-1-2-7-26(22)23/h3,5-6,8-9,25,35-36,39H,1-2,4,7,10-21H2,(H,37,41). The molecule has 42 heavy (non-hydrogen) atoms. The molecule has 1 fully saturated rings. The van der Waals surface area contributed by atoms with E-state index >= 15 is 0 Å². The molecule has 2 aliphatic carbocycles. The number of carbonyl (C=O) groups is 1. The Morgan fingerprint density at radius 1 is 1.00 bits per heavy atom. The molecule has 228 valence electrons. The van der Waals surface area contributed by atoms with Crippen molar-refractivity contribution in [1.82, 2.24) is 20.5 Å². The van der Waals surface area contributed by atoms with E-state index in [4.69, 9.17) is 0 Å². The van der Waals surface area contributed by atoms with E-state index in [0.29, 0.717) is 57.4 Å². The van der Waals surface area contributed by atoms with Gasteiger partial charge in [-0.15, -0.1) is 0 Å². The summed E-state index contributed by atoms with van der Waals surface area (Å²) in [6.07, 6.45) is 7.07. The normalized spacial score (nSPS) is 16.9. The minimum Gasteiger partial charge on any atom is -0.506 e. The summed E-state index contributed by atoms with van der Waals surface area (Å²) in [5.74, 6) is -2.57. The van der Waals surface area contributed by atoms with Gasteiger partial charge in [0.05, 0.1) is 4.70 Å². The van der Waals surface area contributed by atoms with E-state index in [-0.39, 0.29) is 35.4 Å². The number of phenolic OH excluding ortho intramolecular Hbond substituents is 1. The lowest BCUT2D eigenvalue weighted by molar-refractivity contribution is -0.136. The molecule has 1 heterocycles. The highest BCUT2D eigenvalue weighted by Crippen LogP contribution is 2.35. The zero-order valence-electron chi connectivity index (χ0n) is 24.2. The van der Waals surface area contributed by atoms with Crippen molar-refractivity contribution in [3.05, 3.63) is 62.3 Å². The third kappa shape index (κ3) is 7.76. The van der Waals surface area contributed by atoms with Gasteiger partial charge in [-0.3, -0.25) is 9.59 Å². The average Bonchev–Trinajstić information content (AvgIpc) is 3.38. The zero-order valence-corrected chi connectivity index (χ0v) is 25.0. The highest BCUT2D eigenvalue weighted by atomic mass is 32.1. The predicted molar refractivity (Wildman–Crippen MR) is 164 cm³/mol. The largest absolute Gasteiger partial charge is 0.506 e. The number of benzene rings is 2. The molecule has 2 aromatic carbocycles. The Balaban J connectivity index is 1.09.